The molecule has 0 aliphatic carbocycles. The fraction of sp³-hybridized carbons (Fsp3) is 0.280. The van der Waals surface area contributed by atoms with E-state index in [1.54, 1.807) is 36.7 Å². The number of urea groups is 1. The molecule has 0 unspecified atom stereocenters. The molecular formula is C25H25ClN6O5S2. The summed E-state index contributed by atoms with van der Waals surface area (Å²) in [6.45, 7) is 1.47. The minimum atomic E-state index is -3.49. The Morgan fingerprint density at radius 1 is 1.18 bits per heavy atom. The van der Waals surface area contributed by atoms with Crippen molar-refractivity contribution in [1.29, 1.82) is 0 Å². The van der Waals surface area contributed by atoms with Crippen molar-refractivity contribution in [3.05, 3.63) is 59.4 Å². The number of ether oxygens (including phenoxy) is 1. The van der Waals surface area contributed by atoms with Gasteiger partial charge in [-0.05, 0) is 63.3 Å². The third-order valence-electron chi connectivity index (χ3n) is 6.50. The predicted molar refractivity (Wildman–Crippen MR) is 149 cm³/mol. The van der Waals surface area contributed by atoms with Crippen molar-refractivity contribution >= 4 is 60.1 Å². The van der Waals surface area contributed by atoms with Gasteiger partial charge in [-0.2, -0.15) is 5.10 Å². The number of piperidine rings is 1. The zero-order chi connectivity index (χ0) is 27.7. The molecule has 2 N–H and O–H groups in total. The Labute approximate surface area is 233 Å². The lowest BCUT2D eigenvalue weighted by Gasteiger charge is -2.28. The molecule has 1 aliphatic rings. The third kappa shape index (κ3) is 5.62. The number of methoxy groups -OCH3 is 1. The highest BCUT2D eigenvalue weighted by atomic mass is 35.5. The van der Waals surface area contributed by atoms with Gasteiger partial charge in [-0.15, -0.1) is 0 Å². The van der Waals surface area contributed by atoms with E-state index in [1.165, 1.54) is 23.9 Å². The lowest BCUT2D eigenvalue weighted by Crippen LogP contribution is -2.37. The van der Waals surface area contributed by atoms with Crippen LogP contribution in [0.2, 0.25) is 5.02 Å². The molecule has 0 atom stereocenters. The lowest BCUT2D eigenvalue weighted by molar-refractivity contribution is 0.0967. The van der Waals surface area contributed by atoms with Gasteiger partial charge < -0.3 is 9.64 Å². The molecule has 3 heterocycles. The Morgan fingerprint density at radius 3 is 2.64 bits per heavy atom. The highest BCUT2D eigenvalue weighted by Gasteiger charge is 2.30. The van der Waals surface area contributed by atoms with Crippen LogP contribution in [0.25, 0.3) is 15.9 Å². The average molecular weight is 589 g/mol. The van der Waals surface area contributed by atoms with Gasteiger partial charge in [-0.25, -0.2) is 22.9 Å². The normalized spacial score (nSPS) is 14.8. The molecular weight excluding hydrogens is 564 g/mol. The smallest absolute Gasteiger partial charge is 0.327 e. The van der Waals surface area contributed by atoms with Crippen LogP contribution in [0.3, 0.4) is 0 Å². The van der Waals surface area contributed by atoms with E-state index in [1.807, 2.05) is 7.05 Å². The SMILES string of the molecule is COc1cc(Cl)c(C(=O)NC(=O)Nc2nc3ccc(S(=O)(=O)C4CCN(C)CC4)cc3s2)cc1-n1cccn1. The number of aromatic nitrogens is 3. The quantitative estimate of drug-likeness (QED) is 0.345. The van der Waals surface area contributed by atoms with Crippen molar-refractivity contribution < 1.29 is 22.7 Å². The van der Waals surface area contributed by atoms with Gasteiger partial charge in [0.1, 0.15) is 11.4 Å². The van der Waals surface area contributed by atoms with Crippen molar-refractivity contribution in [2.45, 2.75) is 23.0 Å². The number of halogens is 1. The van der Waals surface area contributed by atoms with Crippen LogP contribution in [-0.4, -0.2) is 72.5 Å². The van der Waals surface area contributed by atoms with E-state index in [-0.39, 0.29) is 20.6 Å². The third-order valence-corrected chi connectivity index (χ3v) is 10.0. The van der Waals surface area contributed by atoms with Crippen LogP contribution in [0.4, 0.5) is 9.93 Å². The van der Waals surface area contributed by atoms with Gasteiger partial charge >= 0.3 is 6.03 Å². The number of rotatable bonds is 6. The van der Waals surface area contributed by atoms with Crippen LogP contribution >= 0.6 is 22.9 Å². The zero-order valence-corrected chi connectivity index (χ0v) is 23.4. The number of carbonyl (C=O) groups excluding carboxylic acids is 2. The maximum Gasteiger partial charge on any atom is 0.327 e. The number of amides is 3. The first-order chi connectivity index (χ1) is 18.7. The van der Waals surface area contributed by atoms with Gasteiger partial charge in [0.05, 0.1) is 38.1 Å². The highest BCUT2D eigenvalue weighted by molar-refractivity contribution is 7.92. The summed E-state index contributed by atoms with van der Waals surface area (Å²) in [6.07, 6.45) is 4.43. The van der Waals surface area contributed by atoms with Crippen LogP contribution < -0.4 is 15.4 Å². The molecule has 3 amide bonds. The first kappa shape index (κ1) is 27.1. The number of benzene rings is 2. The Bertz CT molecular complexity index is 1650. The number of thiazole rings is 1. The molecule has 0 spiro atoms. The summed E-state index contributed by atoms with van der Waals surface area (Å²) in [7, 11) is -0.0361. The van der Waals surface area contributed by atoms with Gasteiger partial charge in [0.15, 0.2) is 15.0 Å². The minimum absolute atomic E-state index is 0.0474. The summed E-state index contributed by atoms with van der Waals surface area (Å²) in [6, 6.07) is 8.60. The highest BCUT2D eigenvalue weighted by Crippen LogP contribution is 2.32. The number of sulfone groups is 1. The van der Waals surface area contributed by atoms with E-state index in [2.05, 4.69) is 25.6 Å². The van der Waals surface area contributed by atoms with E-state index >= 15 is 0 Å². The Balaban J connectivity index is 1.30. The van der Waals surface area contributed by atoms with Crippen LogP contribution in [0.5, 0.6) is 5.75 Å². The van der Waals surface area contributed by atoms with Crippen LogP contribution in [0, 0.1) is 0 Å². The van der Waals surface area contributed by atoms with E-state index in [0.29, 0.717) is 34.5 Å². The Hall–Kier alpha value is -3.52. The second-order valence-electron chi connectivity index (χ2n) is 9.06. The molecule has 2 aromatic heterocycles. The summed E-state index contributed by atoms with van der Waals surface area (Å²) in [5.41, 5.74) is 1.05. The number of hydrogen-bond donors (Lipinski definition) is 2. The maximum absolute atomic E-state index is 13.2. The second-order valence-corrected chi connectivity index (χ2v) is 12.7. The number of nitrogens with one attached hydrogen (secondary N) is 2. The van der Waals surface area contributed by atoms with Crippen molar-refractivity contribution in [3.8, 4) is 11.4 Å². The molecule has 0 saturated carbocycles. The number of likely N-dealkylation sites (tertiary alicyclic amines) is 1. The number of anilines is 1. The molecule has 2 aromatic carbocycles. The molecule has 204 valence electrons. The zero-order valence-electron chi connectivity index (χ0n) is 21.0. The topological polar surface area (TPSA) is 136 Å². The summed E-state index contributed by atoms with van der Waals surface area (Å²) in [5, 5.41) is 8.81. The van der Waals surface area contributed by atoms with E-state index in [4.69, 9.17) is 16.3 Å². The molecule has 14 heteroatoms. The Morgan fingerprint density at radius 2 is 1.95 bits per heavy atom. The fourth-order valence-electron chi connectivity index (χ4n) is 4.39. The van der Waals surface area contributed by atoms with Crippen molar-refractivity contribution in [3.63, 3.8) is 0 Å². The van der Waals surface area contributed by atoms with Gasteiger partial charge in [-0.3, -0.25) is 15.4 Å². The standard InChI is InChI=1S/C25H25ClN6O5S2/c1-31-10-6-15(7-11-31)39(35,36)16-4-5-19-22(12-16)38-25(28-19)30-24(34)29-23(33)17-13-20(32-9-3-8-27-32)21(37-2)14-18(17)26/h3-5,8-9,12-15H,6-7,10-11H2,1-2H3,(H2,28,29,30,33,34). The van der Waals surface area contributed by atoms with Crippen molar-refractivity contribution in [1.82, 2.24) is 25.0 Å². The molecule has 0 radical (unpaired) electrons. The van der Waals surface area contributed by atoms with E-state index < -0.39 is 27.0 Å². The largest absolute Gasteiger partial charge is 0.494 e. The second kappa shape index (κ2) is 10.9. The lowest BCUT2D eigenvalue weighted by atomic mass is 10.1. The number of imide groups is 1. The molecule has 1 fully saturated rings. The maximum atomic E-state index is 13.2. The van der Waals surface area contributed by atoms with E-state index in [0.717, 1.165) is 24.4 Å². The number of hydrogen-bond acceptors (Lipinski definition) is 9. The molecule has 39 heavy (non-hydrogen) atoms. The summed E-state index contributed by atoms with van der Waals surface area (Å²) in [4.78, 5) is 32.2. The van der Waals surface area contributed by atoms with Gasteiger partial charge in [0.25, 0.3) is 5.91 Å². The summed E-state index contributed by atoms with van der Waals surface area (Å²) >= 11 is 7.40. The first-order valence-electron chi connectivity index (χ1n) is 12.0. The number of carbonyl (C=O) groups is 2. The molecule has 1 aliphatic heterocycles. The molecule has 5 rings (SSSR count). The molecule has 4 aromatic rings. The predicted octanol–water partition coefficient (Wildman–Crippen LogP) is 3.97. The Kier molecular flexibility index (Phi) is 7.58. The fourth-order valence-corrected chi connectivity index (χ4v) is 7.36. The number of nitrogens with zero attached hydrogens (tertiary/aromatic N) is 4. The summed E-state index contributed by atoms with van der Waals surface area (Å²) in [5.74, 6) is -0.336. The van der Waals surface area contributed by atoms with E-state index in [9.17, 15) is 18.0 Å². The summed E-state index contributed by atoms with van der Waals surface area (Å²) < 4.78 is 33.8. The van der Waals surface area contributed by atoms with Gasteiger partial charge in [0, 0.05) is 18.5 Å². The van der Waals surface area contributed by atoms with Crippen LogP contribution in [0.1, 0.15) is 23.2 Å². The molecule has 0 bridgehead atoms. The minimum Gasteiger partial charge on any atom is -0.494 e. The van der Waals surface area contributed by atoms with Crippen molar-refractivity contribution in [2.24, 2.45) is 0 Å². The van der Waals surface area contributed by atoms with Crippen LogP contribution in [-0.2, 0) is 9.84 Å². The monoisotopic (exact) mass is 588 g/mol. The van der Waals surface area contributed by atoms with Crippen LogP contribution in [0.15, 0.2) is 53.7 Å². The average Bonchev–Trinajstić information content (AvgIpc) is 3.58. The van der Waals surface area contributed by atoms with Crippen molar-refractivity contribution in [2.75, 3.05) is 32.6 Å². The number of fused-ring (bicyclic) bond motifs is 1. The molecule has 11 nitrogen and oxygen atoms in total. The van der Waals surface area contributed by atoms with Gasteiger partial charge in [-0.1, -0.05) is 22.9 Å². The van der Waals surface area contributed by atoms with Gasteiger partial charge in [0.2, 0.25) is 0 Å². The molecule has 1 saturated heterocycles. The first-order valence-corrected chi connectivity index (χ1v) is 14.7.